The number of carbonyl (C=O) groups excluding carboxylic acids is 2. The van der Waals surface area contributed by atoms with Crippen LogP contribution < -0.4 is 0 Å². The predicted molar refractivity (Wildman–Crippen MR) is 68.1 cm³/mol. The van der Waals surface area contributed by atoms with Gasteiger partial charge < -0.3 is 14.6 Å². The van der Waals surface area contributed by atoms with Gasteiger partial charge in [0.25, 0.3) is 11.6 Å². The number of methoxy groups -OCH3 is 1. The van der Waals surface area contributed by atoms with Crippen molar-refractivity contribution in [3.8, 4) is 0 Å². The Labute approximate surface area is 114 Å². The van der Waals surface area contributed by atoms with Gasteiger partial charge in [0.15, 0.2) is 0 Å². The van der Waals surface area contributed by atoms with E-state index in [4.69, 9.17) is 4.74 Å². The quantitative estimate of drug-likeness (QED) is 0.507. The lowest BCUT2D eigenvalue weighted by Crippen LogP contribution is -2.48. The van der Waals surface area contributed by atoms with E-state index in [1.54, 1.807) is 0 Å². The number of aromatic nitrogens is 1. The van der Waals surface area contributed by atoms with Crippen molar-refractivity contribution in [1.29, 1.82) is 0 Å². The summed E-state index contributed by atoms with van der Waals surface area (Å²) in [6, 6.07) is 0.550. The molecule has 1 fully saturated rings. The molecule has 0 radical (unpaired) electrons. The monoisotopic (exact) mass is 281 g/mol. The van der Waals surface area contributed by atoms with E-state index in [0.717, 1.165) is 19.0 Å². The number of hydrogen-bond acceptors (Lipinski definition) is 5. The lowest BCUT2D eigenvalue weighted by Gasteiger charge is -2.33. The van der Waals surface area contributed by atoms with E-state index in [1.807, 2.05) is 0 Å². The molecule has 0 aromatic carbocycles. The minimum absolute atomic E-state index is 0.104. The van der Waals surface area contributed by atoms with Crippen LogP contribution in [0.4, 0.5) is 5.69 Å². The molecule has 1 aliphatic heterocycles. The Morgan fingerprint density at radius 2 is 2.25 bits per heavy atom. The Balaban J connectivity index is 2.20. The molecule has 1 N–H and O–H groups in total. The molecular weight excluding hydrogens is 266 g/mol. The van der Waals surface area contributed by atoms with Crippen LogP contribution in [-0.4, -0.2) is 46.4 Å². The van der Waals surface area contributed by atoms with Gasteiger partial charge in [-0.2, -0.15) is 0 Å². The van der Waals surface area contributed by atoms with Crippen molar-refractivity contribution in [3.05, 3.63) is 28.1 Å². The highest BCUT2D eigenvalue weighted by molar-refractivity contribution is 5.96. The number of esters is 1. The van der Waals surface area contributed by atoms with Crippen molar-refractivity contribution in [2.45, 2.75) is 25.3 Å². The summed E-state index contributed by atoms with van der Waals surface area (Å²) in [5.74, 6) is -0.882. The van der Waals surface area contributed by atoms with E-state index in [9.17, 15) is 19.7 Å². The molecule has 2 rings (SSSR count). The van der Waals surface area contributed by atoms with Crippen LogP contribution in [0.3, 0.4) is 0 Å². The van der Waals surface area contributed by atoms with Gasteiger partial charge in [-0.15, -0.1) is 0 Å². The van der Waals surface area contributed by atoms with Crippen LogP contribution in [0.1, 0.15) is 29.8 Å². The lowest BCUT2D eigenvalue weighted by atomic mass is 10.0. The molecule has 1 aromatic heterocycles. The molecule has 20 heavy (non-hydrogen) atoms. The highest BCUT2D eigenvalue weighted by atomic mass is 16.6. The molecule has 108 valence electrons. The van der Waals surface area contributed by atoms with Gasteiger partial charge in [0.2, 0.25) is 0 Å². The number of nitrogens with zero attached hydrogens (tertiary/aromatic N) is 2. The number of ether oxygens (including phenoxy) is 1. The lowest BCUT2D eigenvalue weighted by molar-refractivity contribution is -0.384. The van der Waals surface area contributed by atoms with Crippen molar-refractivity contribution < 1.29 is 19.2 Å². The third kappa shape index (κ3) is 2.63. The standard InChI is InChI=1S/C12H15N3O5/c1-20-12(17)10-4-2-3-5-14(10)11(16)9-6-8(7-13-9)15(18)19/h6-7,10,13H,2-5H2,1H3. The zero-order valence-corrected chi connectivity index (χ0v) is 11.0. The molecule has 2 heterocycles. The number of likely N-dealkylation sites (tertiary alicyclic amines) is 1. The number of amides is 1. The molecule has 0 spiro atoms. The average molecular weight is 281 g/mol. The first-order valence-corrected chi connectivity index (χ1v) is 6.26. The third-order valence-electron chi connectivity index (χ3n) is 3.35. The largest absolute Gasteiger partial charge is 0.467 e. The zero-order valence-electron chi connectivity index (χ0n) is 11.0. The molecule has 0 saturated carbocycles. The van der Waals surface area contributed by atoms with Crippen molar-refractivity contribution in [2.75, 3.05) is 13.7 Å². The fourth-order valence-corrected chi connectivity index (χ4v) is 2.32. The number of nitrogens with one attached hydrogen (secondary N) is 1. The summed E-state index contributed by atoms with van der Waals surface area (Å²) in [7, 11) is 1.28. The van der Waals surface area contributed by atoms with Gasteiger partial charge in [-0.1, -0.05) is 0 Å². The average Bonchev–Trinajstić information content (AvgIpc) is 2.95. The predicted octanol–water partition coefficient (Wildman–Crippen LogP) is 1.09. The van der Waals surface area contributed by atoms with E-state index >= 15 is 0 Å². The van der Waals surface area contributed by atoms with E-state index < -0.39 is 22.8 Å². The zero-order chi connectivity index (χ0) is 14.7. The van der Waals surface area contributed by atoms with Crippen molar-refractivity contribution in [1.82, 2.24) is 9.88 Å². The molecule has 1 atom stereocenters. The Hall–Kier alpha value is -2.38. The summed E-state index contributed by atoms with van der Waals surface area (Å²) in [5.41, 5.74) is -0.0764. The van der Waals surface area contributed by atoms with E-state index in [0.29, 0.717) is 13.0 Å². The Morgan fingerprint density at radius 1 is 1.50 bits per heavy atom. The minimum atomic E-state index is -0.622. The molecule has 1 unspecified atom stereocenters. The van der Waals surface area contributed by atoms with Crippen molar-refractivity contribution in [3.63, 3.8) is 0 Å². The summed E-state index contributed by atoms with van der Waals surface area (Å²) < 4.78 is 4.70. The van der Waals surface area contributed by atoms with Crippen molar-refractivity contribution >= 4 is 17.6 Å². The number of aromatic amines is 1. The fourth-order valence-electron chi connectivity index (χ4n) is 2.32. The van der Waals surface area contributed by atoms with Crippen molar-refractivity contribution in [2.24, 2.45) is 0 Å². The van der Waals surface area contributed by atoms with Crippen LogP contribution in [0.15, 0.2) is 12.3 Å². The molecule has 1 aromatic rings. The second-order valence-corrected chi connectivity index (χ2v) is 4.56. The number of rotatable bonds is 3. The topological polar surface area (TPSA) is 106 Å². The first-order chi connectivity index (χ1) is 9.54. The number of carbonyl (C=O) groups is 2. The smallest absolute Gasteiger partial charge is 0.328 e. The molecule has 0 aliphatic carbocycles. The van der Waals surface area contributed by atoms with Gasteiger partial charge >= 0.3 is 5.97 Å². The number of piperidine rings is 1. The summed E-state index contributed by atoms with van der Waals surface area (Å²) >= 11 is 0. The van der Waals surface area contributed by atoms with E-state index in [1.165, 1.54) is 18.1 Å². The van der Waals surface area contributed by atoms with Crippen LogP contribution in [-0.2, 0) is 9.53 Å². The summed E-state index contributed by atoms with van der Waals surface area (Å²) in [5, 5.41) is 10.6. The number of nitro groups is 1. The highest BCUT2D eigenvalue weighted by Crippen LogP contribution is 2.22. The summed E-state index contributed by atoms with van der Waals surface area (Å²) in [6.07, 6.45) is 3.34. The van der Waals surface area contributed by atoms with E-state index in [-0.39, 0.29) is 11.4 Å². The Bertz CT molecular complexity index is 539. The maximum absolute atomic E-state index is 12.3. The fraction of sp³-hybridized carbons (Fsp3) is 0.500. The minimum Gasteiger partial charge on any atom is -0.467 e. The maximum atomic E-state index is 12.3. The molecular formula is C12H15N3O5. The van der Waals surface area contributed by atoms with Crippen LogP contribution in [0.5, 0.6) is 0 Å². The van der Waals surface area contributed by atoms with Gasteiger partial charge in [0, 0.05) is 12.6 Å². The number of hydrogen-bond donors (Lipinski definition) is 1. The van der Waals surface area contributed by atoms with Gasteiger partial charge in [-0.05, 0) is 19.3 Å². The third-order valence-corrected chi connectivity index (χ3v) is 3.35. The SMILES string of the molecule is COC(=O)C1CCCCN1C(=O)c1cc([N+](=O)[O-])c[nH]1. The van der Waals surface area contributed by atoms with Crippen LogP contribution in [0.2, 0.25) is 0 Å². The van der Waals surface area contributed by atoms with E-state index in [2.05, 4.69) is 4.98 Å². The molecule has 8 nitrogen and oxygen atoms in total. The summed E-state index contributed by atoms with van der Waals surface area (Å²) in [6.45, 7) is 0.436. The maximum Gasteiger partial charge on any atom is 0.328 e. The van der Waals surface area contributed by atoms with Crippen LogP contribution in [0, 0.1) is 10.1 Å². The molecule has 1 saturated heterocycles. The van der Waals surface area contributed by atoms with Crippen LogP contribution >= 0.6 is 0 Å². The summed E-state index contributed by atoms with van der Waals surface area (Å²) in [4.78, 5) is 38.0. The molecule has 0 bridgehead atoms. The first kappa shape index (κ1) is 14.0. The second kappa shape index (κ2) is 5.72. The molecule has 8 heteroatoms. The number of H-pyrrole nitrogens is 1. The molecule has 1 amide bonds. The first-order valence-electron chi connectivity index (χ1n) is 6.26. The molecule has 1 aliphatic rings. The normalized spacial score (nSPS) is 18.6. The van der Waals surface area contributed by atoms with Gasteiger partial charge in [-0.25, -0.2) is 4.79 Å². The Morgan fingerprint density at radius 3 is 2.85 bits per heavy atom. The van der Waals surface area contributed by atoms with Gasteiger partial charge in [0.1, 0.15) is 11.7 Å². The van der Waals surface area contributed by atoms with Gasteiger partial charge in [-0.3, -0.25) is 14.9 Å². The highest BCUT2D eigenvalue weighted by Gasteiger charge is 2.34. The van der Waals surface area contributed by atoms with Crippen LogP contribution in [0.25, 0.3) is 0 Å². The van der Waals surface area contributed by atoms with Gasteiger partial charge in [0.05, 0.1) is 18.2 Å². The Kier molecular flexibility index (Phi) is 4.02. The second-order valence-electron chi connectivity index (χ2n) is 4.56.